The number of carbonyl (C=O) groups is 1. The Balaban J connectivity index is 2.72. The van der Waals surface area contributed by atoms with E-state index in [1.165, 1.54) is 24.8 Å². The van der Waals surface area contributed by atoms with Gasteiger partial charge in [0.1, 0.15) is 0 Å². The number of rotatable bonds is 7. The van der Waals surface area contributed by atoms with Gasteiger partial charge in [0.05, 0.1) is 0 Å². The fourth-order valence-corrected chi connectivity index (χ4v) is 2.37. The lowest BCUT2D eigenvalue weighted by molar-refractivity contribution is 0.0956. The number of aryl methyl sites for hydroxylation is 1. The highest BCUT2D eigenvalue weighted by Crippen LogP contribution is 2.21. The zero-order valence-electron chi connectivity index (χ0n) is 12.3. The summed E-state index contributed by atoms with van der Waals surface area (Å²) in [5.74, 6) is 0.872. The number of unbranched alkanes of at least 4 members (excludes halogenated alkanes) is 1. The van der Waals surface area contributed by atoms with E-state index in [-0.39, 0.29) is 0 Å². The van der Waals surface area contributed by atoms with Crippen molar-refractivity contribution in [3.05, 3.63) is 34.9 Å². The fourth-order valence-electron chi connectivity index (χ4n) is 2.37. The van der Waals surface area contributed by atoms with Crippen LogP contribution in [0.4, 0.5) is 0 Å². The van der Waals surface area contributed by atoms with E-state index in [0.717, 1.165) is 17.5 Å². The summed E-state index contributed by atoms with van der Waals surface area (Å²) < 4.78 is 0. The number of benzene rings is 1. The van der Waals surface area contributed by atoms with E-state index in [9.17, 15) is 4.79 Å². The average molecular weight is 246 g/mol. The molecule has 18 heavy (non-hydrogen) atoms. The van der Waals surface area contributed by atoms with Crippen molar-refractivity contribution >= 4 is 5.78 Å². The first-order valence-corrected chi connectivity index (χ1v) is 7.19. The van der Waals surface area contributed by atoms with Gasteiger partial charge in [0.15, 0.2) is 5.78 Å². The number of ketones is 1. The van der Waals surface area contributed by atoms with E-state index in [1.807, 2.05) is 12.1 Å². The molecule has 0 saturated carbocycles. The first-order chi connectivity index (χ1) is 8.60. The van der Waals surface area contributed by atoms with Crippen molar-refractivity contribution < 1.29 is 4.79 Å². The third kappa shape index (κ3) is 3.97. The monoisotopic (exact) mass is 246 g/mol. The molecule has 1 atom stereocenters. The molecule has 100 valence electrons. The molecule has 0 aliphatic rings. The van der Waals surface area contributed by atoms with Gasteiger partial charge in [-0.15, -0.1) is 0 Å². The first-order valence-electron chi connectivity index (χ1n) is 7.19. The quantitative estimate of drug-likeness (QED) is 0.612. The van der Waals surface area contributed by atoms with Crippen LogP contribution in [0.1, 0.15) is 67.4 Å². The van der Waals surface area contributed by atoms with Gasteiger partial charge >= 0.3 is 0 Å². The average Bonchev–Trinajstić information content (AvgIpc) is 2.37. The molecule has 0 fully saturated rings. The van der Waals surface area contributed by atoms with Crippen molar-refractivity contribution in [1.29, 1.82) is 0 Å². The Morgan fingerprint density at radius 2 is 1.94 bits per heavy atom. The second-order valence-corrected chi connectivity index (χ2v) is 5.29. The van der Waals surface area contributed by atoms with E-state index in [1.54, 1.807) is 0 Å². The molecular weight excluding hydrogens is 220 g/mol. The topological polar surface area (TPSA) is 17.1 Å². The highest BCUT2D eigenvalue weighted by molar-refractivity contribution is 5.97. The van der Waals surface area contributed by atoms with Crippen LogP contribution in [0, 0.1) is 19.8 Å². The highest BCUT2D eigenvalue weighted by atomic mass is 16.1. The van der Waals surface area contributed by atoms with Crippen molar-refractivity contribution in [3.63, 3.8) is 0 Å². The Labute approximate surface area is 112 Å². The standard InChI is InChI=1S/C17H26O/c1-5-7-10-15(6-2)12-17(18)16-11-8-9-13(3)14(16)4/h8-9,11,15H,5-7,10,12H2,1-4H3. The van der Waals surface area contributed by atoms with E-state index in [4.69, 9.17) is 0 Å². The van der Waals surface area contributed by atoms with Crippen LogP contribution in [0.5, 0.6) is 0 Å². The minimum atomic E-state index is 0.319. The van der Waals surface area contributed by atoms with Crippen LogP contribution >= 0.6 is 0 Å². The number of carbonyl (C=O) groups excluding carboxylic acids is 1. The molecule has 1 nitrogen and oxygen atoms in total. The van der Waals surface area contributed by atoms with Crippen LogP contribution in [-0.2, 0) is 0 Å². The molecule has 0 aliphatic carbocycles. The lowest BCUT2D eigenvalue weighted by atomic mass is 9.89. The van der Waals surface area contributed by atoms with Crippen molar-refractivity contribution in [2.45, 2.75) is 59.8 Å². The second kappa shape index (κ2) is 7.35. The lowest BCUT2D eigenvalue weighted by Gasteiger charge is -2.15. The van der Waals surface area contributed by atoms with Crippen LogP contribution in [0.2, 0.25) is 0 Å². The normalized spacial score (nSPS) is 12.4. The molecule has 1 heteroatoms. The fraction of sp³-hybridized carbons (Fsp3) is 0.588. The van der Waals surface area contributed by atoms with Crippen LogP contribution in [0.3, 0.4) is 0 Å². The third-order valence-electron chi connectivity index (χ3n) is 3.92. The summed E-state index contributed by atoms with van der Waals surface area (Å²) in [5, 5.41) is 0. The summed E-state index contributed by atoms with van der Waals surface area (Å²) >= 11 is 0. The largest absolute Gasteiger partial charge is 0.294 e. The summed E-state index contributed by atoms with van der Waals surface area (Å²) in [4.78, 5) is 12.4. The smallest absolute Gasteiger partial charge is 0.163 e. The van der Waals surface area contributed by atoms with E-state index in [0.29, 0.717) is 18.1 Å². The number of hydrogen-bond donors (Lipinski definition) is 0. The van der Waals surface area contributed by atoms with Crippen LogP contribution in [0.15, 0.2) is 18.2 Å². The Hall–Kier alpha value is -1.11. The first kappa shape index (κ1) is 14.9. The minimum Gasteiger partial charge on any atom is -0.294 e. The van der Waals surface area contributed by atoms with Gasteiger partial charge in [-0.25, -0.2) is 0 Å². The highest BCUT2D eigenvalue weighted by Gasteiger charge is 2.15. The molecule has 1 unspecified atom stereocenters. The Kier molecular flexibility index (Phi) is 6.11. The SMILES string of the molecule is CCCCC(CC)CC(=O)c1cccc(C)c1C. The van der Waals surface area contributed by atoms with Gasteiger partial charge < -0.3 is 0 Å². The molecule has 1 aromatic rings. The molecule has 1 rings (SSSR count). The molecule has 0 aliphatic heterocycles. The summed E-state index contributed by atoms with van der Waals surface area (Å²) in [5.41, 5.74) is 3.28. The maximum atomic E-state index is 12.4. The third-order valence-corrected chi connectivity index (χ3v) is 3.92. The van der Waals surface area contributed by atoms with E-state index >= 15 is 0 Å². The van der Waals surface area contributed by atoms with Crippen LogP contribution in [-0.4, -0.2) is 5.78 Å². The Morgan fingerprint density at radius 3 is 2.56 bits per heavy atom. The number of hydrogen-bond acceptors (Lipinski definition) is 1. The predicted octanol–water partition coefficient (Wildman–Crippen LogP) is 5.09. The molecule has 0 N–H and O–H groups in total. The molecule has 0 aromatic heterocycles. The van der Waals surface area contributed by atoms with Gasteiger partial charge in [-0.2, -0.15) is 0 Å². The van der Waals surface area contributed by atoms with Crippen molar-refractivity contribution in [1.82, 2.24) is 0 Å². The maximum absolute atomic E-state index is 12.4. The van der Waals surface area contributed by atoms with Gasteiger partial charge in [0.25, 0.3) is 0 Å². The molecule has 1 aromatic carbocycles. The molecular formula is C17H26O. The summed E-state index contributed by atoms with van der Waals surface area (Å²) in [6.45, 7) is 8.52. The van der Waals surface area contributed by atoms with Crippen molar-refractivity contribution in [3.8, 4) is 0 Å². The zero-order valence-corrected chi connectivity index (χ0v) is 12.3. The van der Waals surface area contributed by atoms with Gasteiger partial charge in [-0.05, 0) is 30.9 Å². The van der Waals surface area contributed by atoms with E-state index < -0.39 is 0 Å². The van der Waals surface area contributed by atoms with Gasteiger partial charge in [-0.1, -0.05) is 57.7 Å². The van der Waals surface area contributed by atoms with E-state index in [2.05, 4.69) is 33.8 Å². The lowest BCUT2D eigenvalue weighted by Crippen LogP contribution is -2.10. The van der Waals surface area contributed by atoms with Crippen molar-refractivity contribution in [2.24, 2.45) is 5.92 Å². The molecule has 0 heterocycles. The minimum absolute atomic E-state index is 0.319. The zero-order chi connectivity index (χ0) is 13.5. The summed E-state index contributed by atoms with van der Waals surface area (Å²) in [6, 6.07) is 6.03. The molecule has 0 spiro atoms. The molecule has 0 saturated heterocycles. The number of Topliss-reactive ketones (excluding diaryl/α,β-unsaturated/α-hetero) is 1. The van der Waals surface area contributed by atoms with Gasteiger partial charge in [0.2, 0.25) is 0 Å². The summed E-state index contributed by atoms with van der Waals surface area (Å²) in [7, 11) is 0. The Bertz CT molecular complexity index is 393. The molecule has 0 amide bonds. The van der Waals surface area contributed by atoms with Gasteiger partial charge in [-0.3, -0.25) is 4.79 Å². The maximum Gasteiger partial charge on any atom is 0.163 e. The van der Waals surface area contributed by atoms with Crippen molar-refractivity contribution in [2.75, 3.05) is 0 Å². The van der Waals surface area contributed by atoms with Gasteiger partial charge in [0, 0.05) is 12.0 Å². The van der Waals surface area contributed by atoms with Crippen LogP contribution < -0.4 is 0 Å². The van der Waals surface area contributed by atoms with Crippen LogP contribution in [0.25, 0.3) is 0 Å². The molecule has 0 radical (unpaired) electrons. The Morgan fingerprint density at radius 1 is 1.22 bits per heavy atom. The molecule has 0 bridgehead atoms. The summed E-state index contributed by atoms with van der Waals surface area (Å²) in [6.07, 6.45) is 5.45. The predicted molar refractivity (Wildman–Crippen MR) is 78.2 cm³/mol. The second-order valence-electron chi connectivity index (χ2n) is 5.29.